The van der Waals surface area contributed by atoms with Crippen molar-refractivity contribution in [3.8, 4) is 0 Å². The zero-order chi connectivity index (χ0) is 22.1. The van der Waals surface area contributed by atoms with E-state index in [-0.39, 0.29) is 11.5 Å². The van der Waals surface area contributed by atoms with Gasteiger partial charge in [-0.1, -0.05) is 42.0 Å². The summed E-state index contributed by atoms with van der Waals surface area (Å²) >= 11 is 0. The van der Waals surface area contributed by atoms with Gasteiger partial charge in [0.15, 0.2) is 0 Å². The highest BCUT2D eigenvalue weighted by atomic mass is 32.3. The Morgan fingerprint density at radius 2 is 1.88 bits per heavy atom. The van der Waals surface area contributed by atoms with Gasteiger partial charge in [0.1, 0.15) is 0 Å². The summed E-state index contributed by atoms with van der Waals surface area (Å²) in [6, 6.07) is 9.08. The van der Waals surface area contributed by atoms with Crippen LogP contribution < -0.4 is 0 Å². The highest BCUT2D eigenvalue weighted by molar-refractivity contribution is 8.32. The molecule has 2 spiro atoms. The first-order chi connectivity index (χ1) is 15.3. The number of likely N-dealkylation sites (tertiary alicyclic amines) is 1. The van der Waals surface area contributed by atoms with Crippen molar-refractivity contribution >= 4 is 22.0 Å². The number of allylic oxidation sites excluding steroid dienone is 1. The maximum Gasteiger partial charge on any atom is 0.296 e. The Bertz CT molecular complexity index is 1070. The average molecular weight is 453 g/mol. The van der Waals surface area contributed by atoms with Crippen LogP contribution >= 0.6 is 10.0 Å². The number of rotatable bonds is 1. The van der Waals surface area contributed by atoms with E-state index >= 15 is 0 Å². The molecule has 5 aliphatic rings. The molecule has 0 aromatic heterocycles. The van der Waals surface area contributed by atoms with Crippen LogP contribution in [-0.2, 0) is 26.5 Å². The predicted molar refractivity (Wildman–Crippen MR) is 129 cm³/mol. The van der Waals surface area contributed by atoms with Gasteiger partial charge in [-0.25, -0.2) is 10.0 Å². The van der Waals surface area contributed by atoms with Gasteiger partial charge in [-0.3, -0.25) is 4.79 Å². The lowest BCUT2D eigenvalue weighted by Crippen LogP contribution is -2.46. The fraction of sp³-hybridized carbons (Fsp3) is 0.538. The molecule has 0 saturated carbocycles. The van der Waals surface area contributed by atoms with Crippen LogP contribution in [-0.4, -0.2) is 59.5 Å². The van der Waals surface area contributed by atoms with Gasteiger partial charge in [0.2, 0.25) is 5.60 Å². The van der Waals surface area contributed by atoms with E-state index in [2.05, 4.69) is 65.1 Å². The Hall–Kier alpha value is -2.05. The number of aliphatic imine (C=N–C) groups is 1. The lowest BCUT2D eigenvalue weighted by Gasteiger charge is -2.39. The second-order valence-corrected chi connectivity index (χ2v) is 15.2. The van der Waals surface area contributed by atoms with Gasteiger partial charge in [-0.15, -0.1) is 0 Å². The van der Waals surface area contributed by atoms with E-state index < -0.39 is 15.6 Å². The largest absolute Gasteiger partial charge is 0.447 e. The third kappa shape index (κ3) is 3.10. The Morgan fingerprint density at radius 1 is 1.09 bits per heavy atom. The molecule has 0 N–H and O–H groups in total. The van der Waals surface area contributed by atoms with Crippen LogP contribution in [0.5, 0.6) is 0 Å². The molecule has 0 bridgehead atoms. The Kier molecular flexibility index (Phi) is 4.48. The van der Waals surface area contributed by atoms with Crippen LogP contribution in [0.4, 0.5) is 0 Å². The minimum atomic E-state index is -0.807. The van der Waals surface area contributed by atoms with E-state index in [0.29, 0.717) is 30.7 Å². The number of nitrogens with zero attached hydrogens (tertiary/aromatic N) is 2. The summed E-state index contributed by atoms with van der Waals surface area (Å²) in [7, 11) is -0.669. The summed E-state index contributed by atoms with van der Waals surface area (Å²) in [6.45, 7) is 2.27. The molecule has 2 aliphatic carbocycles. The third-order valence-electron chi connectivity index (χ3n) is 8.02. The van der Waals surface area contributed by atoms with Crippen molar-refractivity contribution in [2.24, 2.45) is 4.99 Å². The molecule has 1 aromatic rings. The summed E-state index contributed by atoms with van der Waals surface area (Å²) in [5.41, 5.74) is 4.32. The van der Waals surface area contributed by atoms with Gasteiger partial charge in [-0.05, 0) is 54.7 Å². The van der Waals surface area contributed by atoms with Crippen molar-refractivity contribution in [3.05, 3.63) is 58.7 Å². The normalized spacial score (nSPS) is 31.2. The molecule has 2 unspecified atom stereocenters. The minimum absolute atomic E-state index is 0.0993. The van der Waals surface area contributed by atoms with Crippen LogP contribution in [0.15, 0.2) is 52.6 Å². The number of hydrogen-bond acceptors (Lipinski definition) is 4. The van der Waals surface area contributed by atoms with Crippen LogP contribution in [0.2, 0.25) is 0 Å². The zero-order valence-electron chi connectivity index (χ0n) is 19.2. The number of benzene rings is 1. The van der Waals surface area contributed by atoms with Crippen molar-refractivity contribution in [3.63, 3.8) is 0 Å². The van der Waals surface area contributed by atoms with Crippen LogP contribution in [0, 0.1) is 0 Å². The molecule has 170 valence electrons. The molecular formula is C26H32N2O3S. The first-order valence-corrected chi connectivity index (χ1v) is 14.6. The van der Waals surface area contributed by atoms with E-state index in [4.69, 9.17) is 9.47 Å². The summed E-state index contributed by atoms with van der Waals surface area (Å²) < 4.78 is 12.7. The minimum Gasteiger partial charge on any atom is -0.447 e. The maximum absolute atomic E-state index is 13.1. The van der Waals surface area contributed by atoms with E-state index in [1.54, 1.807) is 0 Å². The number of carbonyl (C=O) groups is 1. The predicted octanol–water partition coefficient (Wildman–Crippen LogP) is 4.27. The topological polar surface area (TPSA) is 51.1 Å². The van der Waals surface area contributed by atoms with Gasteiger partial charge in [0, 0.05) is 31.2 Å². The van der Waals surface area contributed by atoms with E-state index in [9.17, 15) is 4.79 Å². The van der Waals surface area contributed by atoms with E-state index in [1.807, 2.05) is 0 Å². The van der Waals surface area contributed by atoms with Gasteiger partial charge < -0.3 is 14.4 Å². The van der Waals surface area contributed by atoms with Crippen molar-refractivity contribution in [2.45, 2.75) is 55.2 Å². The molecule has 1 saturated heterocycles. The van der Waals surface area contributed by atoms with Gasteiger partial charge in [0.05, 0.1) is 12.2 Å². The Balaban J connectivity index is 1.14. The van der Waals surface area contributed by atoms with Crippen LogP contribution in [0.3, 0.4) is 0 Å². The molecule has 1 amide bonds. The number of ether oxygens (including phenoxy) is 2. The molecule has 6 heteroatoms. The van der Waals surface area contributed by atoms with Gasteiger partial charge in [-0.2, -0.15) is 4.99 Å². The lowest BCUT2D eigenvalue weighted by molar-refractivity contribution is -0.130. The molecule has 3 heterocycles. The van der Waals surface area contributed by atoms with Crippen molar-refractivity contribution in [1.82, 2.24) is 4.90 Å². The van der Waals surface area contributed by atoms with Crippen molar-refractivity contribution in [2.75, 3.05) is 31.9 Å². The number of carbonyl (C=O) groups excluding carboxylic acids is 1. The fourth-order valence-corrected chi connectivity index (χ4v) is 7.25. The number of amides is 1. The molecule has 5 nitrogen and oxygen atoms in total. The molecule has 6 rings (SSSR count). The fourth-order valence-electron chi connectivity index (χ4n) is 6.00. The standard InChI is InChI=1S/C26H32N2O3S/c1-32(2,3)21-9-8-18-15-26(16-20(18)14-21)23(29)27-24(31-26)28-12-10-25(11-13-28)22-7-5-4-6-19(22)17-30-25/h4-9,21H,10-17H2,1-3H3. The van der Waals surface area contributed by atoms with Gasteiger partial charge >= 0.3 is 0 Å². The number of fused-ring (bicyclic) bond motifs is 2. The monoisotopic (exact) mass is 452 g/mol. The smallest absolute Gasteiger partial charge is 0.296 e. The SMILES string of the molecule is CS(C)(C)C1C=CC2=C(C1)CC1(C2)OC(N2CCC3(CC2)OCc2ccccc23)=NC1=O. The molecular weight excluding hydrogens is 420 g/mol. The quantitative estimate of drug-likeness (QED) is 0.639. The highest BCUT2D eigenvalue weighted by Gasteiger charge is 2.53. The maximum atomic E-state index is 13.1. The third-order valence-corrected chi connectivity index (χ3v) is 10.2. The zero-order valence-corrected chi connectivity index (χ0v) is 20.0. The number of piperidine rings is 1. The average Bonchev–Trinajstić information content (AvgIpc) is 3.42. The summed E-state index contributed by atoms with van der Waals surface area (Å²) in [4.78, 5) is 19.7. The molecule has 32 heavy (non-hydrogen) atoms. The summed E-state index contributed by atoms with van der Waals surface area (Å²) in [5, 5.41) is 0.584. The van der Waals surface area contributed by atoms with Crippen molar-refractivity contribution < 1.29 is 14.3 Å². The molecule has 3 aliphatic heterocycles. The second kappa shape index (κ2) is 6.97. The summed E-state index contributed by atoms with van der Waals surface area (Å²) in [6.07, 6.45) is 15.9. The highest BCUT2D eigenvalue weighted by Crippen LogP contribution is 2.52. The van der Waals surface area contributed by atoms with Gasteiger partial charge in [0.25, 0.3) is 11.9 Å². The van der Waals surface area contributed by atoms with E-state index in [0.717, 1.165) is 32.4 Å². The first-order valence-electron chi connectivity index (χ1n) is 11.6. The molecule has 1 fully saturated rings. The second-order valence-electron chi connectivity index (χ2n) is 10.7. The van der Waals surface area contributed by atoms with Crippen molar-refractivity contribution in [1.29, 1.82) is 0 Å². The first kappa shape index (κ1) is 20.5. The molecule has 1 aromatic carbocycles. The Labute approximate surface area is 191 Å². The Morgan fingerprint density at radius 3 is 2.66 bits per heavy atom. The van der Waals surface area contributed by atoms with E-state index in [1.165, 1.54) is 22.3 Å². The van der Waals surface area contributed by atoms with Crippen LogP contribution in [0.25, 0.3) is 0 Å². The number of amidine groups is 1. The van der Waals surface area contributed by atoms with Crippen LogP contribution in [0.1, 0.15) is 43.2 Å². The summed E-state index contributed by atoms with van der Waals surface area (Å²) in [5.74, 6) is -0.0993. The lowest BCUT2D eigenvalue weighted by atomic mass is 9.84. The molecule has 0 radical (unpaired) electrons. The molecule has 2 atom stereocenters. The number of hydrogen-bond donors (Lipinski definition) is 0.